The van der Waals surface area contributed by atoms with Gasteiger partial charge in [0.15, 0.2) is 0 Å². The van der Waals surface area contributed by atoms with Crippen molar-refractivity contribution >= 4 is 11.7 Å². The topological polar surface area (TPSA) is 58.6 Å². The summed E-state index contributed by atoms with van der Waals surface area (Å²) in [6, 6.07) is 1.95. The Labute approximate surface area is 149 Å². The van der Waals surface area contributed by atoms with Crippen LogP contribution in [0.2, 0.25) is 0 Å². The summed E-state index contributed by atoms with van der Waals surface area (Å²) >= 11 is 0. The molecule has 2 aliphatic heterocycles. The number of piperidine rings is 1. The van der Waals surface area contributed by atoms with Crippen molar-refractivity contribution in [3.8, 4) is 5.88 Å². The van der Waals surface area contributed by atoms with Gasteiger partial charge in [0.25, 0.3) is 0 Å². The number of amides is 1. The predicted molar refractivity (Wildman–Crippen MR) is 95.7 cm³/mol. The van der Waals surface area contributed by atoms with Gasteiger partial charge in [0.2, 0.25) is 11.8 Å². The number of hydrogen-bond acceptors (Lipinski definition) is 5. The number of anilines is 1. The molecule has 0 unspecified atom stereocenters. The number of carbonyl (C=O) groups excluding carboxylic acids is 1. The van der Waals surface area contributed by atoms with Gasteiger partial charge in [-0.2, -0.15) is 0 Å². The summed E-state index contributed by atoms with van der Waals surface area (Å²) in [7, 11) is 0. The molecule has 1 aromatic heterocycles. The van der Waals surface area contributed by atoms with E-state index in [0.717, 1.165) is 44.7 Å². The highest BCUT2D eigenvalue weighted by Crippen LogP contribution is 2.29. The molecule has 1 aliphatic carbocycles. The normalized spacial score (nSPS) is 24.7. The standard InChI is InChI=1S/C19H28N4O2/c24-19(15-6-2-3-7-15)23-11-8-16(13-23)25-18-12-17(20-14-21-18)22-9-4-1-5-10-22/h12,14-16H,1-11,13H2/t16-/m0/s1. The lowest BCUT2D eigenvalue weighted by atomic mass is 10.1. The molecule has 1 aromatic rings. The Morgan fingerprint density at radius 3 is 2.60 bits per heavy atom. The molecule has 3 aliphatic rings. The number of nitrogens with zero attached hydrogens (tertiary/aromatic N) is 4. The Bertz CT molecular complexity index is 597. The fraction of sp³-hybridized carbons (Fsp3) is 0.737. The van der Waals surface area contributed by atoms with E-state index in [1.807, 2.05) is 11.0 Å². The lowest BCUT2D eigenvalue weighted by Crippen LogP contribution is -2.35. The van der Waals surface area contributed by atoms with E-state index in [9.17, 15) is 4.79 Å². The zero-order valence-electron chi connectivity index (χ0n) is 14.9. The third-order valence-corrected chi connectivity index (χ3v) is 5.76. The summed E-state index contributed by atoms with van der Waals surface area (Å²) in [5.74, 6) is 2.18. The maximum Gasteiger partial charge on any atom is 0.225 e. The second kappa shape index (κ2) is 7.58. The Morgan fingerprint density at radius 2 is 1.80 bits per heavy atom. The van der Waals surface area contributed by atoms with Crippen LogP contribution in [-0.4, -0.2) is 53.1 Å². The Balaban J connectivity index is 1.34. The fourth-order valence-electron chi connectivity index (χ4n) is 4.32. The molecule has 25 heavy (non-hydrogen) atoms. The van der Waals surface area contributed by atoms with Gasteiger partial charge in [-0.15, -0.1) is 0 Å². The summed E-state index contributed by atoms with van der Waals surface area (Å²) in [5.41, 5.74) is 0. The van der Waals surface area contributed by atoms with Crippen LogP contribution in [0.25, 0.3) is 0 Å². The maximum absolute atomic E-state index is 12.5. The predicted octanol–water partition coefficient (Wildman–Crippen LogP) is 2.64. The molecule has 0 radical (unpaired) electrons. The van der Waals surface area contributed by atoms with E-state index in [-0.39, 0.29) is 12.0 Å². The van der Waals surface area contributed by atoms with Gasteiger partial charge >= 0.3 is 0 Å². The number of rotatable bonds is 4. The number of carbonyl (C=O) groups is 1. The SMILES string of the molecule is O=C(C1CCCC1)N1CC[C@H](Oc2cc(N3CCCCC3)ncn2)C1. The zero-order chi connectivity index (χ0) is 17.1. The van der Waals surface area contributed by atoms with E-state index in [2.05, 4.69) is 14.9 Å². The summed E-state index contributed by atoms with van der Waals surface area (Å²) in [5, 5.41) is 0. The van der Waals surface area contributed by atoms with Gasteiger partial charge in [0, 0.05) is 38.0 Å². The number of likely N-dealkylation sites (tertiary alicyclic amines) is 1. The van der Waals surface area contributed by atoms with Crippen molar-refractivity contribution < 1.29 is 9.53 Å². The first-order valence-electron chi connectivity index (χ1n) is 9.82. The highest BCUT2D eigenvalue weighted by molar-refractivity contribution is 5.79. The monoisotopic (exact) mass is 344 g/mol. The summed E-state index contributed by atoms with van der Waals surface area (Å²) in [6.07, 6.45) is 10.8. The van der Waals surface area contributed by atoms with E-state index in [0.29, 0.717) is 18.3 Å². The summed E-state index contributed by atoms with van der Waals surface area (Å²) < 4.78 is 6.08. The lowest BCUT2D eigenvalue weighted by molar-refractivity contribution is -0.134. The van der Waals surface area contributed by atoms with Crippen LogP contribution in [-0.2, 0) is 4.79 Å². The molecule has 1 amide bonds. The Morgan fingerprint density at radius 1 is 1.00 bits per heavy atom. The summed E-state index contributed by atoms with van der Waals surface area (Å²) in [6.45, 7) is 3.62. The van der Waals surface area contributed by atoms with Gasteiger partial charge in [0.05, 0.1) is 6.54 Å². The van der Waals surface area contributed by atoms with E-state index >= 15 is 0 Å². The third kappa shape index (κ3) is 3.88. The minimum absolute atomic E-state index is 0.0504. The quantitative estimate of drug-likeness (QED) is 0.840. The minimum Gasteiger partial charge on any atom is -0.472 e. The average Bonchev–Trinajstić information content (AvgIpc) is 3.34. The van der Waals surface area contributed by atoms with Crippen molar-refractivity contribution in [2.24, 2.45) is 5.92 Å². The number of hydrogen-bond donors (Lipinski definition) is 0. The second-order valence-corrected chi connectivity index (χ2v) is 7.56. The van der Waals surface area contributed by atoms with Crippen molar-refractivity contribution in [1.29, 1.82) is 0 Å². The van der Waals surface area contributed by atoms with E-state index in [4.69, 9.17) is 4.74 Å². The molecule has 2 saturated heterocycles. The highest BCUT2D eigenvalue weighted by Gasteiger charge is 2.33. The van der Waals surface area contributed by atoms with Crippen LogP contribution in [0.5, 0.6) is 5.88 Å². The van der Waals surface area contributed by atoms with Crippen LogP contribution < -0.4 is 9.64 Å². The molecule has 1 atom stereocenters. The Kier molecular flexibility index (Phi) is 5.04. The van der Waals surface area contributed by atoms with Crippen molar-refractivity contribution in [3.63, 3.8) is 0 Å². The highest BCUT2D eigenvalue weighted by atomic mass is 16.5. The van der Waals surface area contributed by atoms with Crippen molar-refractivity contribution in [2.45, 2.75) is 57.5 Å². The van der Waals surface area contributed by atoms with Crippen LogP contribution in [0.4, 0.5) is 5.82 Å². The lowest BCUT2D eigenvalue weighted by Gasteiger charge is -2.27. The zero-order valence-corrected chi connectivity index (χ0v) is 14.9. The van der Waals surface area contributed by atoms with Gasteiger partial charge in [-0.05, 0) is 32.1 Å². The third-order valence-electron chi connectivity index (χ3n) is 5.76. The van der Waals surface area contributed by atoms with Crippen LogP contribution in [0.1, 0.15) is 51.4 Å². The molecule has 0 bridgehead atoms. The molecule has 1 saturated carbocycles. The second-order valence-electron chi connectivity index (χ2n) is 7.56. The largest absolute Gasteiger partial charge is 0.472 e. The smallest absolute Gasteiger partial charge is 0.225 e. The van der Waals surface area contributed by atoms with Crippen molar-refractivity contribution in [1.82, 2.24) is 14.9 Å². The molecule has 3 fully saturated rings. The first-order chi connectivity index (χ1) is 12.3. The van der Waals surface area contributed by atoms with Gasteiger partial charge in [-0.3, -0.25) is 4.79 Å². The van der Waals surface area contributed by atoms with Gasteiger partial charge in [0.1, 0.15) is 18.2 Å². The molecule has 4 rings (SSSR count). The van der Waals surface area contributed by atoms with Crippen molar-refractivity contribution in [3.05, 3.63) is 12.4 Å². The van der Waals surface area contributed by atoms with Crippen LogP contribution in [0.3, 0.4) is 0 Å². The fourth-order valence-corrected chi connectivity index (χ4v) is 4.32. The molecule has 0 spiro atoms. The van der Waals surface area contributed by atoms with E-state index in [1.165, 1.54) is 32.1 Å². The molecule has 0 N–H and O–H groups in total. The number of aromatic nitrogens is 2. The van der Waals surface area contributed by atoms with Gasteiger partial charge in [-0.25, -0.2) is 9.97 Å². The van der Waals surface area contributed by atoms with E-state index in [1.54, 1.807) is 6.33 Å². The molecule has 0 aromatic carbocycles. The Hall–Kier alpha value is -1.85. The molecule has 6 nitrogen and oxygen atoms in total. The average molecular weight is 344 g/mol. The van der Waals surface area contributed by atoms with Crippen LogP contribution >= 0.6 is 0 Å². The first-order valence-corrected chi connectivity index (χ1v) is 9.82. The summed E-state index contributed by atoms with van der Waals surface area (Å²) in [4.78, 5) is 25.5. The van der Waals surface area contributed by atoms with Gasteiger partial charge < -0.3 is 14.5 Å². The van der Waals surface area contributed by atoms with E-state index < -0.39 is 0 Å². The molecular formula is C19H28N4O2. The molecular weight excluding hydrogens is 316 g/mol. The molecule has 136 valence electrons. The van der Waals surface area contributed by atoms with Crippen LogP contribution in [0.15, 0.2) is 12.4 Å². The van der Waals surface area contributed by atoms with Gasteiger partial charge in [-0.1, -0.05) is 12.8 Å². The first kappa shape index (κ1) is 16.6. The minimum atomic E-state index is 0.0504. The maximum atomic E-state index is 12.5. The molecule has 3 heterocycles. The van der Waals surface area contributed by atoms with Crippen molar-refractivity contribution in [2.75, 3.05) is 31.1 Å². The molecule has 6 heteroatoms. The number of ether oxygens (including phenoxy) is 1. The van der Waals surface area contributed by atoms with Crippen LogP contribution in [0, 0.1) is 5.92 Å².